The van der Waals surface area contributed by atoms with E-state index in [4.69, 9.17) is 0 Å². The molecule has 0 bridgehead atoms. The standard InChI is InChI=1S/C15H22N2O/c1-13-7-6-10-17(11-13)15(18)16(2)12-14-8-4-3-5-9-14/h3-5,8-9,13H,6-7,10-12H2,1-2H3. The molecule has 1 aliphatic heterocycles. The van der Waals surface area contributed by atoms with Gasteiger partial charge in [0.05, 0.1) is 0 Å². The lowest BCUT2D eigenvalue weighted by atomic mass is 10.0. The smallest absolute Gasteiger partial charge is 0.320 e. The van der Waals surface area contributed by atoms with Crippen molar-refractivity contribution in [3.05, 3.63) is 35.9 Å². The van der Waals surface area contributed by atoms with Gasteiger partial charge in [0.15, 0.2) is 0 Å². The van der Waals surface area contributed by atoms with Crippen molar-refractivity contribution in [2.75, 3.05) is 20.1 Å². The molecule has 0 N–H and O–H groups in total. The Hall–Kier alpha value is -1.51. The SMILES string of the molecule is CC1CCCN(C(=O)N(C)Cc2ccccc2)C1. The predicted octanol–water partition coefficient (Wildman–Crippen LogP) is 2.97. The van der Waals surface area contributed by atoms with Crippen molar-refractivity contribution in [3.8, 4) is 0 Å². The first-order chi connectivity index (χ1) is 8.66. The number of urea groups is 1. The molecule has 1 saturated heterocycles. The summed E-state index contributed by atoms with van der Waals surface area (Å²) in [6, 6.07) is 10.3. The summed E-state index contributed by atoms with van der Waals surface area (Å²) in [7, 11) is 1.88. The van der Waals surface area contributed by atoms with Gasteiger partial charge < -0.3 is 9.80 Å². The summed E-state index contributed by atoms with van der Waals surface area (Å²) >= 11 is 0. The number of hydrogen-bond donors (Lipinski definition) is 0. The molecule has 3 heteroatoms. The molecule has 18 heavy (non-hydrogen) atoms. The fraction of sp³-hybridized carbons (Fsp3) is 0.533. The minimum Gasteiger partial charge on any atom is -0.324 e. The Morgan fingerprint density at radius 3 is 2.78 bits per heavy atom. The summed E-state index contributed by atoms with van der Waals surface area (Å²) in [5, 5.41) is 0. The van der Waals surface area contributed by atoms with Crippen LogP contribution in [-0.2, 0) is 6.54 Å². The molecule has 1 unspecified atom stereocenters. The molecule has 0 spiro atoms. The molecule has 0 saturated carbocycles. The molecule has 2 amide bonds. The summed E-state index contributed by atoms with van der Waals surface area (Å²) in [5.41, 5.74) is 1.18. The number of nitrogens with zero attached hydrogens (tertiary/aromatic N) is 2. The van der Waals surface area contributed by atoms with Crippen LogP contribution in [-0.4, -0.2) is 36.0 Å². The third-order valence-corrected chi connectivity index (χ3v) is 3.52. The van der Waals surface area contributed by atoms with Crippen molar-refractivity contribution in [2.45, 2.75) is 26.3 Å². The zero-order valence-electron chi connectivity index (χ0n) is 11.3. The quantitative estimate of drug-likeness (QED) is 0.787. The maximum Gasteiger partial charge on any atom is 0.320 e. The highest BCUT2D eigenvalue weighted by Crippen LogP contribution is 2.17. The van der Waals surface area contributed by atoms with Gasteiger partial charge >= 0.3 is 6.03 Å². The van der Waals surface area contributed by atoms with Crippen molar-refractivity contribution in [2.24, 2.45) is 5.92 Å². The molecule has 1 heterocycles. The topological polar surface area (TPSA) is 23.6 Å². The molecule has 0 aliphatic carbocycles. The Balaban J connectivity index is 1.92. The van der Waals surface area contributed by atoms with Gasteiger partial charge in [-0.1, -0.05) is 37.3 Å². The summed E-state index contributed by atoms with van der Waals surface area (Å²) in [5.74, 6) is 0.632. The van der Waals surface area contributed by atoms with E-state index in [-0.39, 0.29) is 6.03 Å². The van der Waals surface area contributed by atoms with Crippen LogP contribution in [0, 0.1) is 5.92 Å². The Morgan fingerprint density at radius 2 is 2.11 bits per heavy atom. The Bertz CT molecular complexity index is 391. The number of piperidine rings is 1. The lowest BCUT2D eigenvalue weighted by Crippen LogP contribution is -2.45. The van der Waals surface area contributed by atoms with Crippen LogP contribution < -0.4 is 0 Å². The molecule has 3 nitrogen and oxygen atoms in total. The van der Waals surface area contributed by atoms with Crippen LogP contribution >= 0.6 is 0 Å². The maximum atomic E-state index is 12.3. The van der Waals surface area contributed by atoms with E-state index in [9.17, 15) is 4.79 Å². The second-order valence-electron chi connectivity index (χ2n) is 5.32. The molecule has 1 aliphatic rings. The predicted molar refractivity (Wildman–Crippen MR) is 73.3 cm³/mol. The van der Waals surface area contributed by atoms with Gasteiger partial charge in [-0.15, -0.1) is 0 Å². The average Bonchev–Trinajstić information content (AvgIpc) is 2.39. The minimum absolute atomic E-state index is 0.158. The molecule has 1 atom stereocenters. The van der Waals surface area contributed by atoms with Crippen molar-refractivity contribution in [1.29, 1.82) is 0 Å². The molecule has 1 aromatic rings. The van der Waals surface area contributed by atoms with E-state index < -0.39 is 0 Å². The van der Waals surface area contributed by atoms with Crippen LogP contribution in [0.2, 0.25) is 0 Å². The summed E-state index contributed by atoms with van der Waals surface area (Å²) in [6.07, 6.45) is 2.37. The Morgan fingerprint density at radius 1 is 1.39 bits per heavy atom. The molecule has 0 radical (unpaired) electrons. The van der Waals surface area contributed by atoms with E-state index in [1.54, 1.807) is 0 Å². The molecule has 2 rings (SSSR count). The van der Waals surface area contributed by atoms with Gasteiger partial charge in [-0.3, -0.25) is 0 Å². The summed E-state index contributed by atoms with van der Waals surface area (Å²) < 4.78 is 0. The van der Waals surface area contributed by atoms with Gasteiger partial charge in [-0.2, -0.15) is 0 Å². The van der Waals surface area contributed by atoms with Crippen LogP contribution in [0.3, 0.4) is 0 Å². The van der Waals surface area contributed by atoms with Crippen LogP contribution in [0.25, 0.3) is 0 Å². The van der Waals surface area contributed by atoms with Crippen molar-refractivity contribution < 1.29 is 4.79 Å². The van der Waals surface area contributed by atoms with Crippen LogP contribution in [0.4, 0.5) is 4.79 Å². The maximum absolute atomic E-state index is 12.3. The van der Waals surface area contributed by atoms with Crippen molar-refractivity contribution in [1.82, 2.24) is 9.80 Å². The number of carbonyl (C=O) groups excluding carboxylic acids is 1. The summed E-state index contributed by atoms with van der Waals surface area (Å²) in [6.45, 7) is 4.71. The Kier molecular flexibility index (Phi) is 4.24. The van der Waals surface area contributed by atoms with E-state index in [1.165, 1.54) is 12.0 Å². The van der Waals surface area contributed by atoms with E-state index in [2.05, 4.69) is 19.1 Å². The molecular formula is C15H22N2O. The number of benzene rings is 1. The van der Waals surface area contributed by atoms with Crippen molar-refractivity contribution in [3.63, 3.8) is 0 Å². The summed E-state index contributed by atoms with van der Waals surface area (Å²) in [4.78, 5) is 16.1. The van der Waals surface area contributed by atoms with Crippen LogP contribution in [0.5, 0.6) is 0 Å². The second-order valence-corrected chi connectivity index (χ2v) is 5.32. The highest BCUT2D eigenvalue weighted by molar-refractivity contribution is 5.74. The molecule has 98 valence electrons. The molecule has 1 fully saturated rings. The molecule has 1 aromatic carbocycles. The fourth-order valence-corrected chi connectivity index (χ4v) is 2.53. The first-order valence-corrected chi connectivity index (χ1v) is 6.71. The zero-order chi connectivity index (χ0) is 13.0. The highest BCUT2D eigenvalue weighted by atomic mass is 16.2. The van der Waals surface area contributed by atoms with Gasteiger partial charge in [-0.05, 0) is 24.3 Å². The van der Waals surface area contributed by atoms with Crippen molar-refractivity contribution >= 4 is 6.03 Å². The number of amides is 2. The van der Waals surface area contributed by atoms with Gasteiger partial charge in [0.2, 0.25) is 0 Å². The van der Waals surface area contributed by atoms with E-state index in [1.807, 2.05) is 35.0 Å². The van der Waals surface area contributed by atoms with Gasteiger partial charge in [-0.25, -0.2) is 4.79 Å². The van der Waals surface area contributed by atoms with E-state index in [0.717, 1.165) is 19.5 Å². The van der Waals surface area contributed by atoms with Gasteiger partial charge in [0.25, 0.3) is 0 Å². The van der Waals surface area contributed by atoms with Crippen LogP contribution in [0.1, 0.15) is 25.3 Å². The second kappa shape index (κ2) is 5.89. The van der Waals surface area contributed by atoms with Crippen LogP contribution in [0.15, 0.2) is 30.3 Å². The molecular weight excluding hydrogens is 224 g/mol. The minimum atomic E-state index is 0.158. The highest BCUT2D eigenvalue weighted by Gasteiger charge is 2.23. The monoisotopic (exact) mass is 246 g/mol. The third kappa shape index (κ3) is 3.25. The average molecular weight is 246 g/mol. The van der Waals surface area contributed by atoms with Gasteiger partial charge in [0.1, 0.15) is 0 Å². The van der Waals surface area contributed by atoms with Gasteiger partial charge in [0, 0.05) is 26.7 Å². The van der Waals surface area contributed by atoms with E-state index >= 15 is 0 Å². The first-order valence-electron chi connectivity index (χ1n) is 6.71. The number of rotatable bonds is 2. The number of carbonyl (C=O) groups is 1. The third-order valence-electron chi connectivity index (χ3n) is 3.52. The largest absolute Gasteiger partial charge is 0.324 e. The number of likely N-dealkylation sites (tertiary alicyclic amines) is 1. The lowest BCUT2D eigenvalue weighted by Gasteiger charge is -2.34. The van der Waals surface area contributed by atoms with E-state index in [0.29, 0.717) is 12.5 Å². The first kappa shape index (κ1) is 12.9. The Labute approximate surface area is 109 Å². The normalized spacial score (nSPS) is 19.7. The lowest BCUT2D eigenvalue weighted by molar-refractivity contribution is 0.137. The zero-order valence-corrected chi connectivity index (χ0v) is 11.3. The number of hydrogen-bond acceptors (Lipinski definition) is 1. The fourth-order valence-electron chi connectivity index (χ4n) is 2.53. The molecule has 0 aromatic heterocycles.